The molecular weight excluding hydrogens is 409 g/mol. The second-order valence-electron chi connectivity index (χ2n) is 8.88. The zero-order chi connectivity index (χ0) is 23.4. The lowest BCUT2D eigenvalue weighted by Crippen LogP contribution is -2.32. The van der Waals surface area contributed by atoms with Crippen LogP contribution in [0.5, 0.6) is 0 Å². The Bertz CT molecular complexity index is 961. The first-order valence-electron chi connectivity index (χ1n) is 11.0. The number of halogens is 1. The Morgan fingerprint density at radius 1 is 1.19 bits per heavy atom. The van der Waals surface area contributed by atoms with Crippen molar-refractivity contribution in [3.63, 3.8) is 0 Å². The third kappa shape index (κ3) is 5.81. The fraction of sp³-hybridized carbons (Fsp3) is 0.500. The molecule has 2 amide bonds. The summed E-state index contributed by atoms with van der Waals surface area (Å²) in [5.41, 5.74) is 1.75. The number of nitrogens with zero attached hydrogens (tertiary/aromatic N) is 5. The summed E-state index contributed by atoms with van der Waals surface area (Å²) >= 11 is 0. The Balaban J connectivity index is 1.70. The van der Waals surface area contributed by atoms with Crippen LogP contribution in [-0.2, 0) is 22.6 Å². The van der Waals surface area contributed by atoms with Gasteiger partial charge in [-0.2, -0.15) is 0 Å². The molecule has 32 heavy (non-hydrogen) atoms. The van der Waals surface area contributed by atoms with E-state index in [2.05, 4.69) is 4.98 Å². The van der Waals surface area contributed by atoms with Crippen LogP contribution < -0.4 is 4.90 Å². The molecule has 2 heterocycles. The van der Waals surface area contributed by atoms with Crippen LogP contribution in [0.1, 0.15) is 49.7 Å². The van der Waals surface area contributed by atoms with Gasteiger partial charge < -0.3 is 14.7 Å². The number of likely N-dealkylation sites (tertiary alicyclic amines) is 1. The van der Waals surface area contributed by atoms with Crippen LogP contribution in [0.3, 0.4) is 0 Å². The van der Waals surface area contributed by atoms with Gasteiger partial charge in [0.2, 0.25) is 11.8 Å². The van der Waals surface area contributed by atoms with Crippen molar-refractivity contribution in [1.82, 2.24) is 19.8 Å². The van der Waals surface area contributed by atoms with E-state index in [0.29, 0.717) is 31.6 Å². The Morgan fingerprint density at radius 3 is 2.47 bits per heavy atom. The van der Waals surface area contributed by atoms with E-state index in [4.69, 9.17) is 4.98 Å². The molecule has 0 spiro atoms. The molecule has 8 heteroatoms. The van der Waals surface area contributed by atoms with Crippen LogP contribution in [-0.4, -0.2) is 65.3 Å². The Hall–Kier alpha value is -3.03. The van der Waals surface area contributed by atoms with Gasteiger partial charge in [0.15, 0.2) is 0 Å². The molecule has 3 rings (SSSR count). The van der Waals surface area contributed by atoms with Gasteiger partial charge in [-0.25, -0.2) is 14.4 Å². The Labute approximate surface area is 189 Å². The van der Waals surface area contributed by atoms with E-state index in [-0.39, 0.29) is 36.1 Å². The molecule has 1 saturated heterocycles. The predicted octanol–water partition coefficient (Wildman–Crippen LogP) is 3.00. The highest BCUT2D eigenvalue weighted by Crippen LogP contribution is 2.30. The summed E-state index contributed by atoms with van der Waals surface area (Å²) in [6.45, 7) is 4.96. The van der Waals surface area contributed by atoms with Crippen molar-refractivity contribution in [1.29, 1.82) is 0 Å². The molecule has 1 aliphatic rings. The lowest BCUT2D eigenvalue weighted by Gasteiger charge is -2.22. The SMILES string of the molecule is CC(C)N1C[C@H](c2cc(N(C)C)nc(CN(C)C(=O)CCc3ccc(F)cc3)n2)CC1=O. The fourth-order valence-electron chi connectivity index (χ4n) is 3.83. The van der Waals surface area contributed by atoms with Crippen molar-refractivity contribution < 1.29 is 14.0 Å². The molecule has 7 nitrogen and oxygen atoms in total. The minimum absolute atomic E-state index is 0.0184. The van der Waals surface area contributed by atoms with Gasteiger partial charge in [-0.05, 0) is 38.0 Å². The quantitative estimate of drug-likeness (QED) is 0.630. The predicted molar refractivity (Wildman–Crippen MR) is 122 cm³/mol. The lowest BCUT2D eigenvalue weighted by molar-refractivity contribution is -0.130. The van der Waals surface area contributed by atoms with Crippen LogP contribution in [0.4, 0.5) is 10.2 Å². The number of benzene rings is 1. The number of carbonyl (C=O) groups excluding carboxylic acids is 2. The largest absolute Gasteiger partial charge is 0.363 e. The molecule has 0 radical (unpaired) electrons. The Morgan fingerprint density at radius 2 is 1.88 bits per heavy atom. The van der Waals surface area contributed by atoms with E-state index in [1.165, 1.54) is 12.1 Å². The maximum absolute atomic E-state index is 13.1. The summed E-state index contributed by atoms with van der Waals surface area (Å²) < 4.78 is 13.1. The van der Waals surface area contributed by atoms with E-state index >= 15 is 0 Å². The number of aromatic nitrogens is 2. The molecule has 1 aliphatic heterocycles. The van der Waals surface area contributed by atoms with Crippen molar-refractivity contribution >= 4 is 17.6 Å². The van der Waals surface area contributed by atoms with Crippen molar-refractivity contribution in [3.8, 4) is 0 Å². The van der Waals surface area contributed by atoms with E-state index in [1.54, 1.807) is 24.1 Å². The van der Waals surface area contributed by atoms with E-state index in [0.717, 1.165) is 17.1 Å². The van der Waals surface area contributed by atoms with Gasteiger partial charge in [-0.1, -0.05) is 12.1 Å². The molecule has 0 N–H and O–H groups in total. The molecule has 0 aliphatic carbocycles. The van der Waals surface area contributed by atoms with Crippen LogP contribution in [0.25, 0.3) is 0 Å². The van der Waals surface area contributed by atoms with Crippen LogP contribution in [0, 0.1) is 5.82 Å². The number of carbonyl (C=O) groups is 2. The van der Waals surface area contributed by atoms with Gasteiger partial charge in [0, 0.05) is 58.6 Å². The van der Waals surface area contributed by atoms with E-state index in [1.807, 2.05) is 43.8 Å². The van der Waals surface area contributed by atoms with Crippen molar-refractivity contribution in [2.75, 3.05) is 32.6 Å². The highest BCUT2D eigenvalue weighted by atomic mass is 19.1. The van der Waals surface area contributed by atoms with Gasteiger partial charge in [0.05, 0.1) is 12.2 Å². The normalized spacial score (nSPS) is 16.0. The monoisotopic (exact) mass is 441 g/mol. The molecule has 1 aromatic carbocycles. The van der Waals surface area contributed by atoms with E-state index < -0.39 is 0 Å². The number of anilines is 1. The minimum atomic E-state index is -0.286. The lowest BCUT2D eigenvalue weighted by atomic mass is 10.0. The molecule has 0 saturated carbocycles. The third-order valence-corrected chi connectivity index (χ3v) is 5.78. The van der Waals surface area contributed by atoms with Crippen LogP contribution >= 0.6 is 0 Å². The summed E-state index contributed by atoms with van der Waals surface area (Å²) in [6, 6.07) is 8.29. The summed E-state index contributed by atoms with van der Waals surface area (Å²) in [4.78, 5) is 39.8. The standard InChI is InChI=1S/C24H32FN5O2/c1-16(2)30-14-18(12-24(30)32)20-13-22(28(3)4)27-21(26-20)15-29(5)23(31)11-8-17-6-9-19(25)10-7-17/h6-7,9-10,13,16,18H,8,11-12,14-15H2,1-5H3/t18-/m1/s1. The van der Waals surface area contributed by atoms with Gasteiger partial charge in [0.25, 0.3) is 0 Å². The zero-order valence-electron chi connectivity index (χ0n) is 19.5. The maximum Gasteiger partial charge on any atom is 0.223 e. The first-order valence-corrected chi connectivity index (χ1v) is 11.0. The van der Waals surface area contributed by atoms with Gasteiger partial charge in [-0.3, -0.25) is 9.59 Å². The van der Waals surface area contributed by atoms with Crippen LogP contribution in [0.2, 0.25) is 0 Å². The van der Waals surface area contributed by atoms with Gasteiger partial charge in [-0.15, -0.1) is 0 Å². The van der Waals surface area contributed by atoms with Crippen molar-refractivity contribution in [2.45, 2.75) is 51.6 Å². The topological polar surface area (TPSA) is 69.6 Å². The maximum atomic E-state index is 13.1. The molecule has 2 aromatic rings. The minimum Gasteiger partial charge on any atom is -0.363 e. The highest BCUT2D eigenvalue weighted by molar-refractivity contribution is 5.80. The number of rotatable bonds is 8. The average molecular weight is 442 g/mol. The number of hydrogen-bond acceptors (Lipinski definition) is 5. The first kappa shape index (κ1) is 23.6. The number of aryl methyl sites for hydroxylation is 1. The summed E-state index contributed by atoms with van der Waals surface area (Å²) in [5.74, 6) is 1.16. The fourth-order valence-corrected chi connectivity index (χ4v) is 3.83. The first-order chi connectivity index (χ1) is 15.1. The number of hydrogen-bond donors (Lipinski definition) is 0. The molecule has 1 aromatic heterocycles. The smallest absolute Gasteiger partial charge is 0.223 e. The molecule has 1 fully saturated rings. The molecular formula is C24H32FN5O2. The molecule has 1 atom stereocenters. The summed E-state index contributed by atoms with van der Waals surface area (Å²) in [5, 5.41) is 0. The summed E-state index contributed by atoms with van der Waals surface area (Å²) in [6.07, 6.45) is 1.30. The van der Waals surface area contributed by atoms with Crippen molar-refractivity contribution in [2.24, 2.45) is 0 Å². The number of amides is 2. The molecule has 0 unspecified atom stereocenters. The van der Waals surface area contributed by atoms with Gasteiger partial charge >= 0.3 is 0 Å². The average Bonchev–Trinajstić information content (AvgIpc) is 3.15. The van der Waals surface area contributed by atoms with Gasteiger partial charge in [0.1, 0.15) is 17.5 Å². The summed E-state index contributed by atoms with van der Waals surface area (Å²) in [7, 11) is 5.55. The zero-order valence-corrected chi connectivity index (χ0v) is 19.5. The van der Waals surface area contributed by atoms with E-state index in [9.17, 15) is 14.0 Å². The molecule has 172 valence electrons. The highest BCUT2D eigenvalue weighted by Gasteiger charge is 2.33. The van der Waals surface area contributed by atoms with Crippen LogP contribution in [0.15, 0.2) is 30.3 Å². The molecule has 0 bridgehead atoms. The Kier molecular flexibility index (Phi) is 7.43. The van der Waals surface area contributed by atoms with Crippen molar-refractivity contribution in [3.05, 3.63) is 53.2 Å². The third-order valence-electron chi connectivity index (χ3n) is 5.78. The second kappa shape index (κ2) is 10.1. The second-order valence-corrected chi connectivity index (χ2v) is 8.88.